The van der Waals surface area contributed by atoms with Gasteiger partial charge in [0.1, 0.15) is 29.2 Å². The van der Waals surface area contributed by atoms with Crippen molar-refractivity contribution < 1.29 is 29.6 Å². The van der Waals surface area contributed by atoms with Crippen LogP contribution in [0, 0.1) is 0 Å². The van der Waals surface area contributed by atoms with Crippen LogP contribution in [0.5, 0.6) is 11.5 Å². The molecule has 8 heteroatoms. The summed E-state index contributed by atoms with van der Waals surface area (Å²) < 4.78 is 5.96. The van der Waals surface area contributed by atoms with Crippen molar-refractivity contribution in [1.82, 2.24) is 4.98 Å². The Balaban J connectivity index is 1.53. The number of carboxylic acid groups (broad SMARTS) is 1. The van der Waals surface area contributed by atoms with E-state index in [0.717, 1.165) is 5.56 Å². The molecule has 1 heterocycles. The molecule has 0 aliphatic heterocycles. The Kier molecular flexibility index (Phi) is 6.72. The molecule has 4 aromatic rings. The summed E-state index contributed by atoms with van der Waals surface area (Å²) in [5, 5.41) is 32.8. The fourth-order valence-corrected chi connectivity index (χ4v) is 4.21. The largest absolute Gasteiger partial charge is 0.506 e. The number of carbonyl (C=O) groups excluding carboxylic acids is 1. The topological polar surface area (TPSA) is 117 Å². The van der Waals surface area contributed by atoms with E-state index < -0.39 is 12.1 Å². The molecule has 3 aromatic carbocycles. The molecule has 34 heavy (non-hydrogen) atoms. The number of phenolic OH excluding ortho intramolecular Hbond substituents is 1. The van der Waals surface area contributed by atoms with Crippen LogP contribution in [-0.2, 0) is 6.61 Å². The predicted octanol–water partition coefficient (Wildman–Crippen LogP) is 5.08. The first kappa shape index (κ1) is 23.2. The van der Waals surface area contributed by atoms with Crippen LogP contribution in [0.4, 0.5) is 0 Å². The van der Waals surface area contributed by atoms with Crippen LogP contribution in [0.2, 0.25) is 0 Å². The SMILES string of the molecule is CC(=O)c1ccc(OCc2ccc(C(O)c3cccc(C(=O)O)c3)cc2)c(-c2nccs2)c1O. The second-order valence-electron chi connectivity index (χ2n) is 7.59. The van der Waals surface area contributed by atoms with Gasteiger partial charge in [-0.05, 0) is 47.9 Å². The predicted molar refractivity (Wildman–Crippen MR) is 127 cm³/mol. The normalized spacial score (nSPS) is 11.7. The van der Waals surface area contributed by atoms with E-state index in [1.54, 1.807) is 54.0 Å². The number of phenols is 1. The first-order valence-electron chi connectivity index (χ1n) is 10.3. The lowest BCUT2D eigenvalue weighted by atomic mass is 9.99. The highest BCUT2D eigenvalue weighted by Crippen LogP contribution is 2.41. The van der Waals surface area contributed by atoms with Gasteiger partial charge < -0.3 is 20.1 Å². The summed E-state index contributed by atoms with van der Waals surface area (Å²) in [5.41, 5.74) is 2.58. The molecule has 0 saturated heterocycles. The molecular weight excluding hydrogens is 454 g/mol. The van der Waals surface area contributed by atoms with E-state index in [9.17, 15) is 19.8 Å². The molecule has 0 radical (unpaired) electrons. The minimum Gasteiger partial charge on any atom is -0.506 e. The van der Waals surface area contributed by atoms with E-state index in [2.05, 4.69) is 4.98 Å². The molecule has 1 unspecified atom stereocenters. The van der Waals surface area contributed by atoms with Crippen LogP contribution >= 0.6 is 11.3 Å². The molecule has 7 nitrogen and oxygen atoms in total. The van der Waals surface area contributed by atoms with E-state index >= 15 is 0 Å². The minimum absolute atomic E-state index is 0.108. The van der Waals surface area contributed by atoms with E-state index in [1.807, 2.05) is 0 Å². The summed E-state index contributed by atoms with van der Waals surface area (Å²) in [5.74, 6) is -1.08. The second kappa shape index (κ2) is 9.86. The monoisotopic (exact) mass is 475 g/mol. The molecule has 0 aliphatic carbocycles. The number of aromatic nitrogens is 1. The fraction of sp³-hybridized carbons (Fsp3) is 0.115. The Morgan fingerprint density at radius 3 is 2.47 bits per heavy atom. The van der Waals surface area contributed by atoms with Gasteiger partial charge in [0.25, 0.3) is 0 Å². The molecule has 3 N–H and O–H groups in total. The number of nitrogens with zero attached hydrogens (tertiary/aromatic N) is 1. The zero-order valence-electron chi connectivity index (χ0n) is 18.1. The number of Topliss-reactive ketones (excluding diaryl/α,β-unsaturated/α-hetero) is 1. The van der Waals surface area contributed by atoms with Gasteiger partial charge >= 0.3 is 5.97 Å². The number of hydrogen-bond acceptors (Lipinski definition) is 7. The number of carboxylic acids is 1. The number of ether oxygens (including phenoxy) is 1. The van der Waals surface area contributed by atoms with Crippen molar-refractivity contribution in [2.45, 2.75) is 19.6 Å². The van der Waals surface area contributed by atoms with Crippen molar-refractivity contribution in [3.63, 3.8) is 0 Å². The third-order valence-corrected chi connectivity index (χ3v) is 6.09. The van der Waals surface area contributed by atoms with Gasteiger partial charge in [0, 0.05) is 11.6 Å². The molecule has 0 aliphatic rings. The molecule has 1 aromatic heterocycles. The minimum atomic E-state index is -1.05. The number of carbonyl (C=O) groups is 2. The summed E-state index contributed by atoms with van der Waals surface area (Å²) in [6.45, 7) is 1.57. The molecule has 172 valence electrons. The van der Waals surface area contributed by atoms with Crippen molar-refractivity contribution in [2.24, 2.45) is 0 Å². The molecule has 0 fully saturated rings. The highest BCUT2D eigenvalue weighted by molar-refractivity contribution is 7.13. The summed E-state index contributed by atoms with van der Waals surface area (Å²) in [7, 11) is 0. The van der Waals surface area contributed by atoms with Gasteiger partial charge in [-0.25, -0.2) is 9.78 Å². The first-order chi connectivity index (χ1) is 16.3. The van der Waals surface area contributed by atoms with Crippen molar-refractivity contribution in [2.75, 3.05) is 0 Å². The van der Waals surface area contributed by atoms with Crippen molar-refractivity contribution >= 4 is 23.1 Å². The lowest BCUT2D eigenvalue weighted by molar-refractivity contribution is 0.0696. The number of benzene rings is 3. The zero-order chi connectivity index (χ0) is 24.2. The van der Waals surface area contributed by atoms with Crippen molar-refractivity contribution in [3.8, 4) is 22.1 Å². The quantitative estimate of drug-likeness (QED) is 0.304. The molecule has 0 bridgehead atoms. The number of aromatic carboxylic acids is 1. The van der Waals surface area contributed by atoms with Crippen LogP contribution in [0.3, 0.4) is 0 Å². The molecular formula is C26H21NO6S. The number of ketones is 1. The first-order valence-corrected chi connectivity index (χ1v) is 11.2. The Hall–Kier alpha value is -4.01. The smallest absolute Gasteiger partial charge is 0.335 e. The van der Waals surface area contributed by atoms with Crippen molar-refractivity contribution in [1.29, 1.82) is 0 Å². The van der Waals surface area contributed by atoms with Crippen LogP contribution in [0.15, 0.2) is 72.2 Å². The van der Waals surface area contributed by atoms with Crippen LogP contribution in [0.25, 0.3) is 10.6 Å². The fourth-order valence-electron chi connectivity index (χ4n) is 3.52. The lowest BCUT2D eigenvalue weighted by Gasteiger charge is -2.15. The van der Waals surface area contributed by atoms with E-state index in [1.165, 1.54) is 36.5 Å². The number of rotatable bonds is 8. The Labute approximate surface area is 199 Å². The number of aliphatic hydroxyl groups is 1. The van der Waals surface area contributed by atoms with Gasteiger partial charge in [-0.3, -0.25) is 4.79 Å². The average Bonchev–Trinajstić information content (AvgIpc) is 3.37. The van der Waals surface area contributed by atoms with Crippen LogP contribution in [0.1, 0.15) is 50.4 Å². The number of aliphatic hydroxyl groups excluding tert-OH is 1. The van der Waals surface area contributed by atoms with Crippen LogP contribution in [-0.4, -0.2) is 32.1 Å². The maximum Gasteiger partial charge on any atom is 0.335 e. The third-order valence-electron chi connectivity index (χ3n) is 5.30. The standard InChI is InChI=1S/C26H21NO6S/c1-15(28)20-9-10-21(22(24(20)30)25-27-11-12-34-25)33-14-16-5-7-17(8-6-16)23(29)18-3-2-4-19(13-18)26(31)32/h2-13,23,29-30H,14H2,1H3,(H,31,32). The number of thiazole rings is 1. The molecule has 0 amide bonds. The molecule has 1 atom stereocenters. The van der Waals surface area contributed by atoms with Crippen molar-refractivity contribution in [3.05, 3.63) is 100 Å². The number of hydrogen-bond donors (Lipinski definition) is 3. The van der Waals surface area contributed by atoms with Gasteiger partial charge in [-0.2, -0.15) is 0 Å². The van der Waals surface area contributed by atoms with E-state index in [-0.39, 0.29) is 29.3 Å². The summed E-state index contributed by atoms with van der Waals surface area (Å²) in [6, 6.07) is 16.4. The van der Waals surface area contributed by atoms with E-state index in [0.29, 0.717) is 27.4 Å². The van der Waals surface area contributed by atoms with Gasteiger partial charge in [0.2, 0.25) is 0 Å². The molecule has 4 rings (SSSR count). The van der Waals surface area contributed by atoms with Crippen LogP contribution < -0.4 is 4.74 Å². The zero-order valence-corrected chi connectivity index (χ0v) is 19.0. The van der Waals surface area contributed by atoms with Gasteiger partial charge in [-0.1, -0.05) is 36.4 Å². The Bertz CT molecular complexity index is 1330. The maximum absolute atomic E-state index is 11.9. The summed E-state index contributed by atoms with van der Waals surface area (Å²) in [4.78, 5) is 27.3. The lowest BCUT2D eigenvalue weighted by Crippen LogP contribution is -2.04. The molecule has 0 spiro atoms. The molecule has 0 saturated carbocycles. The van der Waals surface area contributed by atoms with Gasteiger partial charge in [0.05, 0.1) is 16.7 Å². The van der Waals surface area contributed by atoms with Gasteiger partial charge in [-0.15, -0.1) is 11.3 Å². The highest BCUT2D eigenvalue weighted by Gasteiger charge is 2.20. The maximum atomic E-state index is 11.9. The number of aromatic hydroxyl groups is 1. The second-order valence-corrected chi connectivity index (χ2v) is 8.49. The highest BCUT2D eigenvalue weighted by atomic mass is 32.1. The summed E-state index contributed by atoms with van der Waals surface area (Å²) in [6.07, 6.45) is 0.640. The van der Waals surface area contributed by atoms with E-state index in [4.69, 9.17) is 9.84 Å². The Morgan fingerprint density at radius 2 is 1.82 bits per heavy atom. The van der Waals surface area contributed by atoms with Gasteiger partial charge in [0.15, 0.2) is 5.78 Å². The third kappa shape index (κ3) is 4.83. The Morgan fingerprint density at radius 1 is 1.06 bits per heavy atom. The summed E-state index contributed by atoms with van der Waals surface area (Å²) >= 11 is 1.33. The average molecular weight is 476 g/mol.